The predicted octanol–water partition coefficient (Wildman–Crippen LogP) is 1.31. The second-order valence-electron chi connectivity index (χ2n) is 4.59. The van der Waals surface area contributed by atoms with Crippen LogP contribution < -0.4 is 15.7 Å². The number of rotatable bonds is 2. The summed E-state index contributed by atoms with van der Waals surface area (Å²) in [4.78, 5) is 14.5. The third-order valence-corrected chi connectivity index (χ3v) is 3.12. The summed E-state index contributed by atoms with van der Waals surface area (Å²) < 4.78 is 0. The van der Waals surface area contributed by atoms with Gasteiger partial charge in [-0.05, 0) is 30.2 Å². The normalized spacial score (nSPS) is 20.1. The standard InChI is InChI=1S/C7H13N2O.C7H10N2O.2ClH.Pd/c2*1-8-7(10)6-3-2-4-9-5-6;;;/h6H,2-5H2,1H3,(H,8,10);2-4,9H,5H2,1H3,(H,8,10);2*1H;/q-1;;;;+2/p-3. The van der Waals surface area contributed by atoms with Crippen molar-refractivity contribution in [1.82, 2.24) is 10.6 Å². The molecule has 0 spiro atoms. The van der Waals surface area contributed by atoms with E-state index in [-0.39, 0.29) is 33.7 Å². The van der Waals surface area contributed by atoms with Crippen LogP contribution in [0.4, 0.5) is 0 Å². The third-order valence-electron chi connectivity index (χ3n) is 3.12. The molecule has 9 heteroatoms. The summed E-state index contributed by atoms with van der Waals surface area (Å²) in [5.74, 6) is 0.152. The van der Waals surface area contributed by atoms with Crippen LogP contribution in [-0.4, -0.2) is 45.5 Å². The van der Waals surface area contributed by atoms with Gasteiger partial charge in [-0.1, -0.05) is 12.5 Å². The summed E-state index contributed by atoms with van der Waals surface area (Å²) in [6.07, 6.45) is 7.43. The van der Waals surface area contributed by atoms with Gasteiger partial charge in [-0.2, -0.15) is 0 Å². The molecular weight excluding hydrogens is 434 g/mol. The maximum atomic E-state index is 11.0. The molecule has 6 nitrogen and oxygen atoms in total. The predicted molar refractivity (Wildman–Crippen MR) is 90.2 cm³/mol. The quantitative estimate of drug-likeness (QED) is 0.374. The molecular formula is C14H22Cl2N4O2Pd-2. The molecule has 0 aliphatic carbocycles. The molecule has 2 heterocycles. The van der Waals surface area contributed by atoms with Crippen molar-refractivity contribution in [3.05, 3.63) is 29.2 Å². The van der Waals surface area contributed by atoms with E-state index in [0.717, 1.165) is 25.9 Å². The van der Waals surface area contributed by atoms with Gasteiger partial charge < -0.3 is 26.0 Å². The van der Waals surface area contributed by atoms with Crippen molar-refractivity contribution in [2.45, 2.75) is 12.8 Å². The molecule has 1 fully saturated rings. The Balaban J connectivity index is 0.000000360. The van der Waals surface area contributed by atoms with Gasteiger partial charge in [0, 0.05) is 26.6 Å². The molecule has 0 radical (unpaired) electrons. The van der Waals surface area contributed by atoms with Crippen molar-refractivity contribution in [3.63, 3.8) is 0 Å². The van der Waals surface area contributed by atoms with E-state index in [2.05, 4.69) is 20.9 Å². The fourth-order valence-corrected chi connectivity index (χ4v) is 1.96. The molecule has 136 valence electrons. The topological polar surface area (TPSA) is 90.7 Å². The van der Waals surface area contributed by atoms with E-state index in [4.69, 9.17) is 19.1 Å². The fourth-order valence-electron chi connectivity index (χ4n) is 1.96. The molecule has 2 aliphatic heterocycles. The van der Waals surface area contributed by atoms with Crippen LogP contribution in [0.2, 0.25) is 0 Å². The molecule has 0 aromatic rings. The SMILES string of the molecule is CN=C([O-])C1=CC=CNC1.CNC(=O)C1CCC[N-]C1.[Cl][Pd][Cl]. The molecule has 0 aromatic carbocycles. The number of dihydropyridines is 1. The van der Waals surface area contributed by atoms with Crippen molar-refractivity contribution in [3.8, 4) is 0 Å². The molecule has 0 bridgehead atoms. The van der Waals surface area contributed by atoms with Gasteiger partial charge >= 0.3 is 35.0 Å². The summed E-state index contributed by atoms with van der Waals surface area (Å²) in [6.45, 7) is 2.25. The van der Waals surface area contributed by atoms with Gasteiger partial charge in [0.15, 0.2) is 0 Å². The van der Waals surface area contributed by atoms with Gasteiger partial charge in [0.05, 0.1) is 0 Å². The number of hydrogen-bond acceptors (Lipinski definition) is 4. The monoisotopic (exact) mass is 454 g/mol. The van der Waals surface area contributed by atoms with Crippen LogP contribution in [0.15, 0.2) is 28.9 Å². The number of nitrogens with one attached hydrogen (secondary N) is 2. The number of nitrogens with zero attached hydrogens (tertiary/aromatic N) is 2. The summed E-state index contributed by atoms with van der Waals surface area (Å²) in [6, 6.07) is 0. The number of carbonyl (C=O) groups is 1. The molecule has 2 N–H and O–H groups in total. The number of allylic oxidation sites excluding steroid dienone is 2. The average Bonchev–Trinajstić information content (AvgIpc) is 2.63. The summed E-state index contributed by atoms with van der Waals surface area (Å²) >= 11 is -0.106. The van der Waals surface area contributed by atoms with Gasteiger partial charge in [-0.25, -0.2) is 0 Å². The summed E-state index contributed by atoms with van der Waals surface area (Å²) in [7, 11) is 12.8. The second kappa shape index (κ2) is 15.0. The molecule has 1 unspecified atom stereocenters. The van der Waals surface area contributed by atoms with Crippen LogP contribution in [-0.2, 0) is 20.7 Å². The van der Waals surface area contributed by atoms with E-state index in [1.807, 2.05) is 0 Å². The Labute approximate surface area is 153 Å². The zero-order chi connectivity index (χ0) is 17.5. The van der Waals surface area contributed by atoms with Crippen molar-refractivity contribution < 1.29 is 25.8 Å². The van der Waals surface area contributed by atoms with Gasteiger partial charge in [0.1, 0.15) is 0 Å². The van der Waals surface area contributed by atoms with Gasteiger partial charge in [0.25, 0.3) is 0 Å². The number of halogens is 2. The van der Waals surface area contributed by atoms with Crippen molar-refractivity contribution in [2.24, 2.45) is 10.9 Å². The van der Waals surface area contributed by atoms with Crippen LogP contribution in [0, 0.1) is 5.92 Å². The van der Waals surface area contributed by atoms with Gasteiger partial charge in [0.2, 0.25) is 5.91 Å². The minimum absolute atomic E-state index is 0.106. The summed E-state index contributed by atoms with van der Waals surface area (Å²) in [5.41, 5.74) is 0.713. The van der Waals surface area contributed by atoms with Crippen LogP contribution >= 0.6 is 19.1 Å². The molecule has 1 amide bonds. The molecule has 23 heavy (non-hydrogen) atoms. The Bertz CT molecular complexity index is 425. The first-order valence-corrected chi connectivity index (χ1v) is 11.0. The van der Waals surface area contributed by atoms with E-state index in [0.29, 0.717) is 12.1 Å². The van der Waals surface area contributed by atoms with E-state index in [1.165, 1.54) is 7.05 Å². The van der Waals surface area contributed by atoms with E-state index in [9.17, 15) is 9.90 Å². The van der Waals surface area contributed by atoms with Gasteiger partial charge in [-0.3, -0.25) is 4.79 Å². The first-order chi connectivity index (χ1) is 11.1. The molecule has 2 rings (SSSR count). The Morgan fingerprint density at radius 1 is 1.57 bits per heavy atom. The molecule has 0 aromatic heterocycles. The first-order valence-electron chi connectivity index (χ1n) is 7.01. The fraction of sp³-hybridized carbons (Fsp3) is 0.571. The molecule has 1 saturated heterocycles. The zero-order valence-electron chi connectivity index (χ0n) is 13.1. The Kier molecular flexibility index (Phi) is 14.6. The zero-order valence-corrected chi connectivity index (χ0v) is 16.2. The van der Waals surface area contributed by atoms with E-state index < -0.39 is 0 Å². The Morgan fingerprint density at radius 2 is 2.26 bits per heavy atom. The van der Waals surface area contributed by atoms with Crippen LogP contribution in [0.3, 0.4) is 0 Å². The Hall–Kier alpha value is -0.578. The van der Waals surface area contributed by atoms with Crippen molar-refractivity contribution >= 4 is 30.9 Å². The average molecular weight is 456 g/mol. The van der Waals surface area contributed by atoms with Crippen LogP contribution in [0.1, 0.15) is 12.8 Å². The number of piperidine rings is 1. The second-order valence-corrected chi connectivity index (χ2v) is 6.95. The number of aliphatic imine (C=N–C) groups is 1. The van der Waals surface area contributed by atoms with E-state index >= 15 is 0 Å². The van der Waals surface area contributed by atoms with E-state index in [1.54, 1.807) is 25.4 Å². The minimum atomic E-state index is -0.142. The Morgan fingerprint density at radius 3 is 2.70 bits per heavy atom. The van der Waals surface area contributed by atoms with Crippen molar-refractivity contribution in [1.29, 1.82) is 0 Å². The van der Waals surface area contributed by atoms with Gasteiger partial charge in [-0.15, -0.1) is 13.1 Å². The number of hydrogen-bond donors (Lipinski definition) is 2. The molecule has 0 saturated carbocycles. The van der Waals surface area contributed by atoms with Crippen LogP contribution in [0.5, 0.6) is 0 Å². The molecule has 2 aliphatic rings. The summed E-state index contributed by atoms with van der Waals surface area (Å²) in [5, 5.41) is 20.6. The number of carbonyl (C=O) groups excluding carboxylic acids is 1. The first kappa shape index (κ1) is 22.4. The molecule has 1 atom stereocenters. The number of amides is 1. The third kappa shape index (κ3) is 10.7. The van der Waals surface area contributed by atoms with Crippen molar-refractivity contribution in [2.75, 3.05) is 33.7 Å². The van der Waals surface area contributed by atoms with Crippen LogP contribution in [0.25, 0.3) is 5.32 Å². The maximum absolute atomic E-state index is 11.0.